The van der Waals surface area contributed by atoms with Crippen LogP contribution in [0.25, 0.3) is 0 Å². The Morgan fingerprint density at radius 1 is 1.43 bits per heavy atom. The van der Waals surface area contributed by atoms with Gasteiger partial charge >= 0.3 is 0 Å². The van der Waals surface area contributed by atoms with Gasteiger partial charge in [-0.2, -0.15) is 0 Å². The molecule has 1 N–H and O–H groups in total. The Morgan fingerprint density at radius 2 is 2.21 bits per heavy atom. The second kappa shape index (κ2) is 5.60. The average Bonchev–Trinajstić information content (AvgIpc) is 2.17. The lowest BCUT2D eigenvalue weighted by atomic mass is 10.2. The molecule has 0 aliphatic carbocycles. The van der Waals surface area contributed by atoms with Crippen LogP contribution in [0.2, 0.25) is 0 Å². The average molecular weight is 194 g/mol. The molecule has 14 heavy (non-hydrogen) atoms. The molecule has 3 heteroatoms. The monoisotopic (exact) mass is 194 g/mol. The summed E-state index contributed by atoms with van der Waals surface area (Å²) in [6, 6.07) is 1.98. The minimum absolute atomic E-state index is 0.697. The summed E-state index contributed by atoms with van der Waals surface area (Å²) < 4.78 is 5.53. The van der Waals surface area contributed by atoms with Gasteiger partial charge in [0.25, 0.3) is 0 Å². The highest BCUT2D eigenvalue weighted by Gasteiger charge is 2.03. The number of hydrogen-bond donors (Lipinski definition) is 1. The molecule has 0 saturated carbocycles. The summed E-state index contributed by atoms with van der Waals surface area (Å²) in [5.74, 6) is 0.945. The van der Waals surface area contributed by atoms with E-state index in [9.17, 15) is 0 Å². The molecule has 0 aliphatic rings. The summed E-state index contributed by atoms with van der Waals surface area (Å²) in [5, 5.41) is 3.26. The van der Waals surface area contributed by atoms with Crippen molar-refractivity contribution >= 4 is 0 Å². The van der Waals surface area contributed by atoms with Gasteiger partial charge in [0.05, 0.1) is 6.61 Å². The zero-order valence-corrected chi connectivity index (χ0v) is 9.13. The topological polar surface area (TPSA) is 34.2 Å². The number of aromatic nitrogens is 1. The van der Waals surface area contributed by atoms with Crippen LogP contribution in [0.1, 0.15) is 25.1 Å². The fourth-order valence-electron chi connectivity index (χ4n) is 1.25. The van der Waals surface area contributed by atoms with E-state index in [0.29, 0.717) is 6.61 Å². The van der Waals surface area contributed by atoms with Crippen LogP contribution in [-0.2, 0) is 6.54 Å². The fourth-order valence-corrected chi connectivity index (χ4v) is 1.25. The van der Waals surface area contributed by atoms with Gasteiger partial charge < -0.3 is 10.1 Å². The predicted molar refractivity (Wildman–Crippen MR) is 57.5 cm³/mol. The molecule has 0 saturated heterocycles. The van der Waals surface area contributed by atoms with E-state index in [1.807, 2.05) is 26.1 Å². The first kappa shape index (κ1) is 11.0. The highest BCUT2D eigenvalue weighted by atomic mass is 16.5. The molecule has 0 amide bonds. The second-order valence-corrected chi connectivity index (χ2v) is 3.15. The molecule has 78 valence electrons. The molecule has 1 aromatic heterocycles. The van der Waals surface area contributed by atoms with Crippen LogP contribution in [-0.4, -0.2) is 18.1 Å². The Balaban J connectivity index is 2.78. The molecule has 0 fully saturated rings. The van der Waals surface area contributed by atoms with E-state index in [4.69, 9.17) is 4.74 Å². The predicted octanol–water partition coefficient (Wildman–Crippen LogP) is 1.90. The Labute approximate surface area is 85.5 Å². The molecule has 0 atom stereocenters. The number of rotatable bonds is 5. The van der Waals surface area contributed by atoms with Gasteiger partial charge in [0.2, 0.25) is 0 Å². The minimum Gasteiger partial charge on any atom is -0.493 e. The zero-order valence-electron chi connectivity index (χ0n) is 9.13. The lowest BCUT2D eigenvalue weighted by Gasteiger charge is -2.10. The first-order valence-corrected chi connectivity index (χ1v) is 5.07. The molecule has 3 nitrogen and oxygen atoms in total. The van der Waals surface area contributed by atoms with E-state index in [0.717, 1.165) is 30.1 Å². The van der Waals surface area contributed by atoms with E-state index in [1.165, 1.54) is 0 Å². The number of aryl methyl sites for hydroxylation is 1. The quantitative estimate of drug-likeness (QED) is 0.777. The van der Waals surface area contributed by atoms with Crippen LogP contribution in [0.5, 0.6) is 5.75 Å². The van der Waals surface area contributed by atoms with Crippen molar-refractivity contribution in [2.75, 3.05) is 13.2 Å². The molecule has 0 unspecified atom stereocenters. The number of pyridine rings is 1. The molecule has 0 aliphatic heterocycles. The molecule has 0 bridgehead atoms. The molecule has 0 radical (unpaired) electrons. The summed E-state index contributed by atoms with van der Waals surface area (Å²) in [5.41, 5.74) is 2.12. The van der Waals surface area contributed by atoms with E-state index >= 15 is 0 Å². The van der Waals surface area contributed by atoms with Gasteiger partial charge in [0.15, 0.2) is 0 Å². The summed E-state index contributed by atoms with van der Waals surface area (Å²) in [7, 11) is 0. The molecule has 1 rings (SSSR count). The van der Waals surface area contributed by atoms with Crippen LogP contribution >= 0.6 is 0 Å². The van der Waals surface area contributed by atoms with Crippen LogP contribution in [0.4, 0.5) is 0 Å². The number of ether oxygens (including phenoxy) is 1. The Bertz CT molecular complexity index is 287. The fraction of sp³-hybridized carbons (Fsp3) is 0.545. The van der Waals surface area contributed by atoms with Crippen molar-refractivity contribution in [3.05, 3.63) is 23.5 Å². The summed E-state index contributed by atoms with van der Waals surface area (Å²) in [4.78, 5) is 4.25. The van der Waals surface area contributed by atoms with Crippen molar-refractivity contribution < 1.29 is 4.74 Å². The highest BCUT2D eigenvalue weighted by Crippen LogP contribution is 2.18. The summed E-state index contributed by atoms with van der Waals surface area (Å²) in [6.45, 7) is 8.52. The molecule has 0 spiro atoms. The van der Waals surface area contributed by atoms with Crippen molar-refractivity contribution in [3.63, 3.8) is 0 Å². The maximum absolute atomic E-state index is 5.53. The smallest absolute Gasteiger partial charge is 0.127 e. The number of nitrogens with one attached hydrogen (secondary N) is 1. The van der Waals surface area contributed by atoms with Crippen molar-refractivity contribution in [2.24, 2.45) is 0 Å². The highest BCUT2D eigenvalue weighted by molar-refractivity contribution is 5.32. The summed E-state index contributed by atoms with van der Waals surface area (Å²) in [6.07, 6.45) is 1.88. The third-order valence-corrected chi connectivity index (χ3v) is 1.95. The largest absolute Gasteiger partial charge is 0.493 e. The van der Waals surface area contributed by atoms with Gasteiger partial charge in [0.1, 0.15) is 5.75 Å². The van der Waals surface area contributed by atoms with Gasteiger partial charge in [-0.15, -0.1) is 0 Å². The van der Waals surface area contributed by atoms with Gasteiger partial charge in [0, 0.05) is 30.1 Å². The van der Waals surface area contributed by atoms with Crippen molar-refractivity contribution in [2.45, 2.75) is 27.3 Å². The van der Waals surface area contributed by atoms with E-state index in [-0.39, 0.29) is 0 Å². The first-order chi connectivity index (χ1) is 6.77. The van der Waals surface area contributed by atoms with Crippen LogP contribution in [0.3, 0.4) is 0 Å². The van der Waals surface area contributed by atoms with E-state index < -0.39 is 0 Å². The molecule has 1 aromatic rings. The van der Waals surface area contributed by atoms with E-state index in [1.54, 1.807) is 0 Å². The minimum atomic E-state index is 0.697. The van der Waals surface area contributed by atoms with Gasteiger partial charge in [-0.3, -0.25) is 4.98 Å². The van der Waals surface area contributed by atoms with Crippen LogP contribution in [0.15, 0.2) is 12.3 Å². The Morgan fingerprint density at radius 3 is 2.86 bits per heavy atom. The SMILES string of the molecule is CCNCc1cnc(C)cc1OCC. The van der Waals surface area contributed by atoms with Crippen LogP contribution < -0.4 is 10.1 Å². The number of nitrogens with zero attached hydrogens (tertiary/aromatic N) is 1. The van der Waals surface area contributed by atoms with Crippen LogP contribution in [0, 0.1) is 6.92 Å². The second-order valence-electron chi connectivity index (χ2n) is 3.15. The molecule has 1 heterocycles. The maximum Gasteiger partial charge on any atom is 0.127 e. The molecule has 0 aromatic carbocycles. The van der Waals surface area contributed by atoms with Gasteiger partial charge in [-0.25, -0.2) is 0 Å². The standard InChI is InChI=1S/C11H18N2O/c1-4-12-7-10-8-13-9(3)6-11(10)14-5-2/h6,8,12H,4-5,7H2,1-3H3. The Hall–Kier alpha value is -1.09. The lowest BCUT2D eigenvalue weighted by Crippen LogP contribution is -2.13. The van der Waals surface area contributed by atoms with Crippen molar-refractivity contribution in [1.82, 2.24) is 10.3 Å². The van der Waals surface area contributed by atoms with Crippen molar-refractivity contribution in [3.8, 4) is 5.75 Å². The van der Waals surface area contributed by atoms with E-state index in [2.05, 4.69) is 17.2 Å². The maximum atomic E-state index is 5.53. The third-order valence-electron chi connectivity index (χ3n) is 1.95. The normalized spacial score (nSPS) is 10.2. The molecular weight excluding hydrogens is 176 g/mol. The molecular formula is C11H18N2O. The summed E-state index contributed by atoms with van der Waals surface area (Å²) >= 11 is 0. The third kappa shape index (κ3) is 3.00. The lowest BCUT2D eigenvalue weighted by molar-refractivity contribution is 0.335. The zero-order chi connectivity index (χ0) is 10.4. The van der Waals surface area contributed by atoms with Gasteiger partial charge in [-0.1, -0.05) is 6.92 Å². The van der Waals surface area contributed by atoms with Crippen molar-refractivity contribution in [1.29, 1.82) is 0 Å². The first-order valence-electron chi connectivity index (χ1n) is 5.07. The Kier molecular flexibility index (Phi) is 4.40. The number of hydrogen-bond acceptors (Lipinski definition) is 3. The van der Waals surface area contributed by atoms with Gasteiger partial charge in [-0.05, 0) is 20.4 Å².